The molecule has 1 spiro atoms. The smallest absolute Gasteiger partial charge is 0.329 e. The second-order valence-corrected chi connectivity index (χ2v) is 17.2. The standard InChI is InChI=1S/C42H44F2N10O4S/c1-4-51(2)59-50-33-12-10-31(43)39(30(33)20-45)58-26-9-11-34-35(15-26)47-38(21-46-34)57-27-18-42(19-27)22-53(23-42)25-7-5-24(6-8-25)28-17-36-29(16-32(28)44)40(49-52(36)3)54-14-13-37(55)48-41(54)56/h9-12,15-17,21,24-25,27,50H,4-8,13-14,18-19,22-23H2,1-3H3,(H,48,55,56). The minimum absolute atomic E-state index is 0.0309. The number of aromatic nitrogens is 4. The SMILES string of the molecule is CCN(C)SNc1ccc(F)c(Oc2ccc3ncc(OC4CC5(C4)CN(C4CCC(c6cc7c(cc6F)c(N6CCC(=O)NC6=O)nn7C)CC4)C5)nc3c2)c1C#N. The quantitative estimate of drug-likeness (QED) is 0.128. The molecule has 0 atom stereocenters. The molecule has 9 rings (SSSR count). The van der Waals surface area contributed by atoms with E-state index in [2.05, 4.69) is 31.1 Å². The van der Waals surface area contributed by atoms with Gasteiger partial charge < -0.3 is 14.2 Å². The Bertz CT molecular complexity index is 2510. The summed E-state index contributed by atoms with van der Waals surface area (Å²) >= 11 is 1.30. The molecule has 4 heterocycles. The largest absolute Gasteiger partial charge is 0.473 e. The molecule has 0 unspecified atom stereocenters. The lowest BCUT2D eigenvalue weighted by Gasteiger charge is -2.61. The van der Waals surface area contributed by atoms with Crippen molar-refractivity contribution in [2.75, 3.05) is 42.8 Å². The van der Waals surface area contributed by atoms with Crippen molar-refractivity contribution in [3.8, 4) is 23.4 Å². The first-order valence-corrected chi connectivity index (χ1v) is 20.8. The van der Waals surface area contributed by atoms with Crippen molar-refractivity contribution in [2.45, 2.75) is 69.9 Å². The Labute approximate surface area is 344 Å². The number of carbonyl (C=O) groups is 2. The Morgan fingerprint density at radius 2 is 1.86 bits per heavy atom. The third kappa shape index (κ3) is 7.49. The number of rotatable bonds is 11. The Morgan fingerprint density at radius 3 is 2.61 bits per heavy atom. The number of likely N-dealkylation sites (tertiary alicyclic amines) is 1. The molecule has 2 aliphatic carbocycles. The number of urea groups is 1. The van der Waals surface area contributed by atoms with Crippen molar-refractivity contribution in [2.24, 2.45) is 12.5 Å². The summed E-state index contributed by atoms with van der Waals surface area (Å²) in [6, 6.07) is 13.2. The molecule has 5 aromatic rings. The Morgan fingerprint density at radius 1 is 1.07 bits per heavy atom. The third-order valence-corrected chi connectivity index (χ3v) is 13.2. The number of anilines is 2. The molecular formula is C42H44F2N10O4S. The summed E-state index contributed by atoms with van der Waals surface area (Å²) < 4.78 is 49.6. The van der Waals surface area contributed by atoms with Crippen LogP contribution in [0.25, 0.3) is 21.9 Å². The van der Waals surface area contributed by atoms with Gasteiger partial charge in [-0.15, -0.1) is 0 Å². The van der Waals surface area contributed by atoms with E-state index < -0.39 is 11.8 Å². The Balaban J connectivity index is 0.780. The monoisotopic (exact) mass is 822 g/mol. The van der Waals surface area contributed by atoms with Crippen LogP contribution in [0.15, 0.2) is 48.7 Å². The second-order valence-electron chi connectivity index (χ2n) is 16.2. The van der Waals surface area contributed by atoms with Crippen molar-refractivity contribution in [1.29, 1.82) is 5.26 Å². The minimum Gasteiger partial charge on any atom is -0.473 e. The number of nitrogens with one attached hydrogen (secondary N) is 2. The maximum Gasteiger partial charge on any atom is 0.329 e. The molecular weight excluding hydrogens is 779 g/mol. The molecule has 3 aromatic carbocycles. The topological polar surface area (TPSA) is 154 Å². The van der Waals surface area contributed by atoms with E-state index in [0.717, 1.165) is 63.7 Å². The number of benzene rings is 3. The highest BCUT2D eigenvalue weighted by molar-refractivity contribution is 7.98. The highest BCUT2D eigenvalue weighted by Crippen LogP contribution is 2.52. The first-order chi connectivity index (χ1) is 28.5. The van der Waals surface area contributed by atoms with Gasteiger partial charge in [0.1, 0.15) is 29.3 Å². The predicted molar refractivity (Wildman–Crippen MR) is 219 cm³/mol. The van der Waals surface area contributed by atoms with Crippen molar-refractivity contribution >= 4 is 57.5 Å². The number of hydrogen-bond donors (Lipinski definition) is 2. The number of nitrogens with zero attached hydrogens (tertiary/aromatic N) is 8. The van der Waals surface area contributed by atoms with Crippen LogP contribution in [-0.2, 0) is 11.8 Å². The molecule has 59 heavy (non-hydrogen) atoms. The number of fused-ring (bicyclic) bond motifs is 2. The van der Waals surface area contributed by atoms with Crippen LogP contribution >= 0.6 is 12.1 Å². The zero-order chi connectivity index (χ0) is 41.0. The van der Waals surface area contributed by atoms with Gasteiger partial charge in [0.15, 0.2) is 17.4 Å². The van der Waals surface area contributed by atoms with E-state index in [1.165, 1.54) is 35.2 Å². The molecule has 17 heteroatoms. The summed E-state index contributed by atoms with van der Waals surface area (Å²) in [5, 5.41) is 17.3. The molecule has 3 amide bonds. The van der Waals surface area contributed by atoms with Crippen LogP contribution in [0, 0.1) is 28.4 Å². The average Bonchev–Trinajstić information content (AvgIpc) is 3.51. The summed E-state index contributed by atoms with van der Waals surface area (Å²) in [4.78, 5) is 37.3. The van der Waals surface area contributed by atoms with E-state index in [-0.39, 0.29) is 53.4 Å². The van der Waals surface area contributed by atoms with Gasteiger partial charge in [-0.1, -0.05) is 6.92 Å². The Hall–Kier alpha value is -5.57. The fraction of sp³-hybridized carbons (Fsp3) is 0.429. The van der Waals surface area contributed by atoms with Crippen LogP contribution in [-0.4, -0.2) is 86.3 Å². The highest BCUT2D eigenvalue weighted by Gasteiger charge is 2.55. The number of nitriles is 1. The molecule has 14 nitrogen and oxygen atoms in total. The van der Waals surface area contributed by atoms with E-state index >= 15 is 4.39 Å². The number of imide groups is 1. The summed E-state index contributed by atoms with van der Waals surface area (Å²) in [5.41, 5.74) is 3.35. The predicted octanol–water partition coefficient (Wildman–Crippen LogP) is 7.40. The molecule has 2 aliphatic heterocycles. The van der Waals surface area contributed by atoms with E-state index in [1.54, 1.807) is 36.1 Å². The van der Waals surface area contributed by atoms with Crippen molar-refractivity contribution in [3.63, 3.8) is 0 Å². The highest BCUT2D eigenvalue weighted by atomic mass is 32.2. The molecule has 2 aromatic heterocycles. The van der Waals surface area contributed by atoms with Gasteiger partial charge in [0.2, 0.25) is 11.8 Å². The van der Waals surface area contributed by atoms with E-state index in [9.17, 15) is 19.2 Å². The number of carbonyl (C=O) groups excluding carboxylic acids is 2. The van der Waals surface area contributed by atoms with Gasteiger partial charge in [-0.3, -0.25) is 24.6 Å². The van der Waals surface area contributed by atoms with Crippen molar-refractivity contribution in [3.05, 3.63) is 71.4 Å². The molecule has 4 aliphatic rings. The maximum atomic E-state index is 15.7. The van der Waals surface area contributed by atoms with Gasteiger partial charge in [0, 0.05) is 74.7 Å². The van der Waals surface area contributed by atoms with E-state index in [0.29, 0.717) is 51.2 Å². The maximum absolute atomic E-state index is 15.7. The second kappa shape index (κ2) is 15.6. The van der Waals surface area contributed by atoms with Crippen molar-refractivity contribution in [1.82, 2.24) is 34.3 Å². The van der Waals surface area contributed by atoms with Crippen LogP contribution in [0.5, 0.6) is 17.4 Å². The zero-order valence-electron chi connectivity index (χ0n) is 33.0. The summed E-state index contributed by atoms with van der Waals surface area (Å²) in [6.45, 7) is 5.02. The lowest BCUT2D eigenvalue weighted by Crippen LogP contribution is -2.67. The third-order valence-electron chi connectivity index (χ3n) is 12.3. The van der Waals surface area contributed by atoms with Gasteiger partial charge in [-0.25, -0.2) is 27.8 Å². The molecule has 2 saturated carbocycles. The molecule has 2 saturated heterocycles. The number of ether oxygens (including phenoxy) is 2. The number of amides is 3. The fourth-order valence-corrected chi connectivity index (χ4v) is 9.61. The first-order valence-electron chi connectivity index (χ1n) is 20.0. The fourth-order valence-electron chi connectivity index (χ4n) is 9.05. The summed E-state index contributed by atoms with van der Waals surface area (Å²) in [5.74, 6) is -0.234. The minimum atomic E-state index is -0.650. The lowest BCUT2D eigenvalue weighted by atomic mass is 9.61. The van der Waals surface area contributed by atoms with Crippen molar-refractivity contribution < 1.29 is 27.8 Å². The van der Waals surface area contributed by atoms with E-state index in [4.69, 9.17) is 14.5 Å². The lowest BCUT2D eigenvalue weighted by molar-refractivity contribution is -0.138. The molecule has 0 radical (unpaired) electrons. The van der Waals surface area contributed by atoms with Gasteiger partial charge in [-0.05, 0) is 93.5 Å². The van der Waals surface area contributed by atoms with Gasteiger partial charge in [-0.2, -0.15) is 10.4 Å². The molecule has 0 bridgehead atoms. The molecule has 306 valence electrons. The average molecular weight is 823 g/mol. The first kappa shape index (κ1) is 38.9. The van der Waals surface area contributed by atoms with Crippen LogP contribution in [0.1, 0.15) is 68.9 Å². The number of aryl methyl sites for hydroxylation is 1. The molecule has 2 N–H and O–H groups in total. The zero-order valence-corrected chi connectivity index (χ0v) is 33.8. The van der Waals surface area contributed by atoms with Crippen LogP contribution in [0.3, 0.4) is 0 Å². The van der Waals surface area contributed by atoms with Crippen LogP contribution in [0.2, 0.25) is 0 Å². The summed E-state index contributed by atoms with van der Waals surface area (Å²) in [6.07, 6.45) is 7.47. The van der Waals surface area contributed by atoms with Crippen LogP contribution < -0.4 is 24.4 Å². The summed E-state index contributed by atoms with van der Waals surface area (Å²) in [7, 11) is 3.69. The van der Waals surface area contributed by atoms with Crippen LogP contribution in [0.4, 0.5) is 25.1 Å². The van der Waals surface area contributed by atoms with Gasteiger partial charge >= 0.3 is 6.03 Å². The number of halogens is 2. The van der Waals surface area contributed by atoms with Gasteiger partial charge in [0.25, 0.3) is 0 Å². The normalized spacial score (nSPS) is 20.7. The molecule has 4 fully saturated rings. The van der Waals surface area contributed by atoms with Gasteiger partial charge in [0.05, 0.1) is 28.4 Å². The van der Waals surface area contributed by atoms with E-state index in [1.807, 2.05) is 24.3 Å². The number of hydrogen-bond acceptors (Lipinski definition) is 12. The Kier molecular flexibility index (Phi) is 10.3.